The van der Waals surface area contributed by atoms with Crippen molar-refractivity contribution in [2.24, 2.45) is 0 Å². The highest BCUT2D eigenvalue weighted by molar-refractivity contribution is 5.74. The second-order valence-electron chi connectivity index (χ2n) is 5.98. The van der Waals surface area contributed by atoms with Gasteiger partial charge in [-0.15, -0.1) is 0 Å². The topological polar surface area (TPSA) is 58.6 Å². The van der Waals surface area contributed by atoms with Crippen LogP contribution in [0.4, 0.5) is 11.5 Å². The molecule has 6 heteroatoms. The fraction of sp³-hybridized carbons (Fsp3) is 0.389. The average Bonchev–Trinajstić information content (AvgIpc) is 2.52. The molecule has 1 atom stereocenters. The molecule has 1 aromatic carbocycles. The number of hydrogen-bond acceptors (Lipinski definition) is 5. The molecule has 1 aromatic heterocycles. The van der Waals surface area contributed by atoms with Crippen molar-refractivity contribution >= 4 is 17.4 Å². The van der Waals surface area contributed by atoms with E-state index < -0.39 is 0 Å². The van der Waals surface area contributed by atoms with Crippen LogP contribution >= 0.6 is 0 Å². The van der Waals surface area contributed by atoms with E-state index in [1.807, 2.05) is 54.1 Å². The largest absolute Gasteiger partial charge is 0.497 e. The first-order valence-electron chi connectivity index (χ1n) is 8.00. The van der Waals surface area contributed by atoms with Crippen molar-refractivity contribution in [2.75, 3.05) is 25.6 Å². The molecule has 126 valence electrons. The number of aromatic nitrogens is 2. The number of amides is 1. The van der Waals surface area contributed by atoms with Crippen molar-refractivity contribution in [3.8, 4) is 5.75 Å². The average molecular weight is 326 g/mol. The van der Waals surface area contributed by atoms with Gasteiger partial charge in [0.15, 0.2) is 0 Å². The number of hydrogen-bond donors (Lipinski definition) is 0. The second kappa shape index (κ2) is 6.47. The Kier molecular flexibility index (Phi) is 4.38. The summed E-state index contributed by atoms with van der Waals surface area (Å²) in [5.41, 5.74) is 1.88. The Bertz CT molecular complexity index is 762. The lowest BCUT2D eigenvalue weighted by atomic mass is 9.99. The third-order valence-electron chi connectivity index (χ3n) is 4.39. The van der Waals surface area contributed by atoms with Gasteiger partial charge < -0.3 is 14.5 Å². The van der Waals surface area contributed by atoms with E-state index in [0.717, 1.165) is 35.9 Å². The highest BCUT2D eigenvalue weighted by atomic mass is 16.5. The molecule has 0 spiro atoms. The summed E-state index contributed by atoms with van der Waals surface area (Å²) in [5, 5.41) is 0. The second-order valence-corrected chi connectivity index (χ2v) is 5.98. The highest BCUT2D eigenvalue weighted by Crippen LogP contribution is 2.34. The Morgan fingerprint density at radius 3 is 2.75 bits per heavy atom. The summed E-state index contributed by atoms with van der Waals surface area (Å²) in [7, 11) is 3.61. The lowest BCUT2D eigenvalue weighted by Gasteiger charge is -2.40. The van der Waals surface area contributed by atoms with Gasteiger partial charge in [-0.05, 0) is 25.5 Å². The zero-order valence-corrected chi connectivity index (χ0v) is 14.5. The monoisotopic (exact) mass is 326 g/mol. The summed E-state index contributed by atoms with van der Waals surface area (Å²) in [6.45, 7) is 4.27. The third kappa shape index (κ3) is 3.04. The van der Waals surface area contributed by atoms with Gasteiger partial charge in [-0.1, -0.05) is 6.07 Å². The molecule has 1 aliphatic heterocycles. The number of carbonyl (C=O) groups is 1. The third-order valence-corrected chi connectivity index (χ3v) is 4.39. The summed E-state index contributed by atoms with van der Waals surface area (Å²) in [4.78, 5) is 24.6. The highest BCUT2D eigenvalue weighted by Gasteiger charge is 2.33. The Morgan fingerprint density at radius 2 is 2.12 bits per heavy atom. The van der Waals surface area contributed by atoms with Gasteiger partial charge in [0.2, 0.25) is 5.91 Å². The lowest BCUT2D eigenvalue weighted by molar-refractivity contribution is -0.136. The summed E-state index contributed by atoms with van der Waals surface area (Å²) >= 11 is 0. The smallest absolute Gasteiger partial charge is 0.220 e. The van der Waals surface area contributed by atoms with Crippen molar-refractivity contribution in [1.82, 2.24) is 14.9 Å². The van der Waals surface area contributed by atoms with Gasteiger partial charge >= 0.3 is 0 Å². The number of anilines is 2. The predicted molar refractivity (Wildman–Crippen MR) is 92.6 cm³/mol. The van der Waals surface area contributed by atoms with Gasteiger partial charge in [0.25, 0.3) is 0 Å². The van der Waals surface area contributed by atoms with Crippen LogP contribution in [0.25, 0.3) is 0 Å². The summed E-state index contributed by atoms with van der Waals surface area (Å²) in [6, 6.07) is 9.84. The number of aryl methyl sites for hydroxylation is 1. The number of methoxy groups -OCH3 is 1. The molecule has 0 aliphatic carbocycles. The van der Waals surface area contributed by atoms with E-state index in [4.69, 9.17) is 4.74 Å². The van der Waals surface area contributed by atoms with Crippen LogP contribution in [0.1, 0.15) is 30.9 Å². The van der Waals surface area contributed by atoms with E-state index in [1.54, 1.807) is 14.0 Å². The number of likely N-dealkylation sites (tertiary alicyclic amines) is 1. The number of carbonyl (C=O) groups excluding carboxylic acids is 1. The molecule has 1 saturated heterocycles. The van der Waals surface area contributed by atoms with Crippen LogP contribution < -0.4 is 9.64 Å². The van der Waals surface area contributed by atoms with Crippen LogP contribution in [-0.2, 0) is 4.79 Å². The maximum Gasteiger partial charge on any atom is 0.220 e. The zero-order valence-electron chi connectivity index (χ0n) is 14.5. The maximum atomic E-state index is 11.7. The summed E-state index contributed by atoms with van der Waals surface area (Å²) in [5.74, 6) is 2.39. The van der Waals surface area contributed by atoms with Gasteiger partial charge in [-0.25, -0.2) is 9.97 Å². The molecule has 1 aliphatic rings. The minimum Gasteiger partial charge on any atom is -0.497 e. The molecule has 2 aromatic rings. The number of nitrogens with zero attached hydrogens (tertiary/aromatic N) is 4. The van der Waals surface area contributed by atoms with Crippen molar-refractivity contribution < 1.29 is 9.53 Å². The molecule has 0 unspecified atom stereocenters. The fourth-order valence-corrected chi connectivity index (χ4v) is 2.94. The van der Waals surface area contributed by atoms with E-state index in [1.165, 1.54) is 0 Å². The standard InChI is InChI=1S/C18H22N4O2/c1-12-19-16(17-8-9-22(17)13(2)23)11-18(20-12)21(3)14-6-5-7-15(10-14)24-4/h5-7,10-11,17H,8-9H2,1-4H3/t17-/m0/s1. The fourth-order valence-electron chi connectivity index (χ4n) is 2.94. The predicted octanol–water partition coefficient (Wildman–Crippen LogP) is 2.85. The summed E-state index contributed by atoms with van der Waals surface area (Å²) in [6.07, 6.45) is 0.943. The first-order valence-corrected chi connectivity index (χ1v) is 8.00. The molecule has 0 bridgehead atoms. The van der Waals surface area contributed by atoms with Crippen LogP contribution in [-0.4, -0.2) is 41.5 Å². The van der Waals surface area contributed by atoms with E-state index in [-0.39, 0.29) is 11.9 Å². The van der Waals surface area contributed by atoms with Crippen LogP contribution in [0.2, 0.25) is 0 Å². The molecule has 0 saturated carbocycles. The van der Waals surface area contributed by atoms with Crippen LogP contribution in [0.15, 0.2) is 30.3 Å². The Labute approximate surface area is 142 Å². The number of ether oxygens (including phenoxy) is 1. The molecule has 2 heterocycles. The minimum atomic E-state index is 0.0571. The van der Waals surface area contributed by atoms with Gasteiger partial charge in [-0.3, -0.25) is 4.79 Å². The molecular formula is C18H22N4O2. The molecule has 1 amide bonds. The van der Waals surface area contributed by atoms with Crippen molar-refractivity contribution in [2.45, 2.75) is 26.3 Å². The molecule has 3 rings (SSSR count). The van der Waals surface area contributed by atoms with Gasteiger partial charge in [0.05, 0.1) is 18.8 Å². The van der Waals surface area contributed by atoms with Crippen LogP contribution in [0.5, 0.6) is 5.75 Å². The van der Waals surface area contributed by atoms with E-state index in [2.05, 4.69) is 9.97 Å². The zero-order chi connectivity index (χ0) is 17.3. The minimum absolute atomic E-state index is 0.0571. The quantitative estimate of drug-likeness (QED) is 0.865. The Morgan fingerprint density at radius 1 is 1.33 bits per heavy atom. The molecule has 0 radical (unpaired) electrons. The first-order chi connectivity index (χ1) is 11.5. The van der Waals surface area contributed by atoms with Gasteiger partial charge in [0.1, 0.15) is 17.4 Å². The summed E-state index contributed by atoms with van der Waals surface area (Å²) < 4.78 is 5.29. The van der Waals surface area contributed by atoms with Crippen molar-refractivity contribution in [3.63, 3.8) is 0 Å². The Hall–Kier alpha value is -2.63. The van der Waals surface area contributed by atoms with E-state index >= 15 is 0 Å². The molecule has 24 heavy (non-hydrogen) atoms. The van der Waals surface area contributed by atoms with Crippen molar-refractivity contribution in [1.29, 1.82) is 0 Å². The molecule has 6 nitrogen and oxygen atoms in total. The lowest BCUT2D eigenvalue weighted by Crippen LogP contribution is -2.44. The van der Waals surface area contributed by atoms with E-state index in [0.29, 0.717) is 5.82 Å². The Balaban J connectivity index is 1.92. The molecule has 0 N–H and O–H groups in total. The van der Waals surface area contributed by atoms with Crippen LogP contribution in [0.3, 0.4) is 0 Å². The van der Waals surface area contributed by atoms with E-state index in [9.17, 15) is 4.79 Å². The van der Waals surface area contributed by atoms with Crippen molar-refractivity contribution in [3.05, 3.63) is 41.9 Å². The molecule has 1 fully saturated rings. The van der Waals surface area contributed by atoms with Gasteiger partial charge in [-0.2, -0.15) is 0 Å². The SMILES string of the molecule is COc1cccc(N(C)c2cc([C@@H]3CCN3C(C)=O)nc(C)n2)c1. The molecular weight excluding hydrogens is 304 g/mol. The maximum absolute atomic E-state index is 11.7. The van der Waals surface area contributed by atoms with Gasteiger partial charge in [0, 0.05) is 38.3 Å². The number of rotatable bonds is 4. The normalized spacial score (nSPS) is 16.5. The number of benzene rings is 1. The van der Waals surface area contributed by atoms with Crippen LogP contribution in [0, 0.1) is 6.92 Å². The first kappa shape index (κ1) is 16.2.